The molecule has 2 aromatic rings. The SMILES string of the molecule is COCc1nc2n(n1)CC(NC(=O)c1ccc(OCC(F)(F)F)o1)CC2. The first-order chi connectivity index (χ1) is 12.3. The predicted molar refractivity (Wildman–Crippen MR) is 80.6 cm³/mol. The Morgan fingerprint density at radius 3 is 3.00 bits per heavy atom. The van der Waals surface area contributed by atoms with Gasteiger partial charge in [0.15, 0.2) is 18.2 Å². The number of ether oxygens (including phenoxy) is 2. The number of fused-ring (bicyclic) bond motifs is 1. The standard InChI is InChI=1S/C15H17F3N4O4/c1-24-7-11-20-12-4-2-9(6-22(12)21-11)19-14(23)10-3-5-13(26-10)25-8-15(16,17)18/h3,5,9H,2,4,6-8H2,1H3,(H,19,23). The van der Waals surface area contributed by atoms with Gasteiger partial charge in [-0.25, -0.2) is 9.67 Å². The quantitative estimate of drug-likeness (QED) is 0.828. The Balaban J connectivity index is 1.56. The summed E-state index contributed by atoms with van der Waals surface area (Å²) in [6.07, 6.45) is -3.18. The van der Waals surface area contributed by atoms with Crippen LogP contribution in [0.2, 0.25) is 0 Å². The summed E-state index contributed by atoms with van der Waals surface area (Å²) >= 11 is 0. The van der Waals surface area contributed by atoms with E-state index in [0.717, 1.165) is 5.82 Å². The van der Waals surface area contributed by atoms with Crippen molar-refractivity contribution in [3.05, 3.63) is 29.5 Å². The van der Waals surface area contributed by atoms with Gasteiger partial charge in [-0.2, -0.15) is 18.3 Å². The van der Waals surface area contributed by atoms with Gasteiger partial charge < -0.3 is 19.2 Å². The summed E-state index contributed by atoms with van der Waals surface area (Å²) in [7, 11) is 1.55. The number of carbonyl (C=O) groups is 1. The number of hydrogen-bond donors (Lipinski definition) is 1. The average molecular weight is 374 g/mol. The van der Waals surface area contributed by atoms with Gasteiger partial charge >= 0.3 is 6.18 Å². The van der Waals surface area contributed by atoms with Gasteiger partial charge in [-0.15, -0.1) is 0 Å². The van der Waals surface area contributed by atoms with Gasteiger partial charge in [0, 0.05) is 25.6 Å². The van der Waals surface area contributed by atoms with Crippen LogP contribution in [0, 0.1) is 0 Å². The van der Waals surface area contributed by atoms with Crippen molar-refractivity contribution < 1.29 is 31.9 Å². The van der Waals surface area contributed by atoms with Crippen LogP contribution in [0.5, 0.6) is 5.95 Å². The largest absolute Gasteiger partial charge is 0.455 e. The van der Waals surface area contributed by atoms with E-state index < -0.39 is 18.7 Å². The molecule has 0 aromatic carbocycles. The second-order valence-corrected chi connectivity index (χ2v) is 5.79. The Morgan fingerprint density at radius 2 is 2.27 bits per heavy atom. The molecule has 1 amide bonds. The maximum atomic E-state index is 12.2. The monoisotopic (exact) mass is 374 g/mol. The number of carbonyl (C=O) groups excluding carboxylic acids is 1. The number of alkyl halides is 3. The molecule has 3 heterocycles. The zero-order chi connectivity index (χ0) is 18.7. The molecule has 1 N–H and O–H groups in total. The lowest BCUT2D eigenvalue weighted by molar-refractivity contribution is -0.156. The van der Waals surface area contributed by atoms with Gasteiger partial charge in [-0.3, -0.25) is 4.79 Å². The molecule has 0 radical (unpaired) electrons. The van der Waals surface area contributed by atoms with Crippen molar-refractivity contribution in [2.75, 3.05) is 13.7 Å². The van der Waals surface area contributed by atoms with E-state index in [1.54, 1.807) is 11.8 Å². The van der Waals surface area contributed by atoms with Gasteiger partial charge in [0.2, 0.25) is 0 Å². The van der Waals surface area contributed by atoms with Crippen LogP contribution in [0.1, 0.15) is 28.6 Å². The highest BCUT2D eigenvalue weighted by Gasteiger charge is 2.29. The number of amides is 1. The van der Waals surface area contributed by atoms with Gasteiger partial charge in [0.1, 0.15) is 12.4 Å². The number of methoxy groups -OCH3 is 1. The summed E-state index contributed by atoms with van der Waals surface area (Å²) in [4.78, 5) is 16.5. The van der Waals surface area contributed by atoms with E-state index in [4.69, 9.17) is 9.15 Å². The predicted octanol–water partition coefficient (Wildman–Crippen LogP) is 1.70. The topological polar surface area (TPSA) is 91.4 Å². The van der Waals surface area contributed by atoms with E-state index in [9.17, 15) is 18.0 Å². The molecule has 0 aliphatic carbocycles. The molecule has 0 bridgehead atoms. The van der Waals surface area contributed by atoms with E-state index >= 15 is 0 Å². The summed E-state index contributed by atoms with van der Waals surface area (Å²) in [5.41, 5.74) is 0. The second kappa shape index (κ2) is 7.36. The molecule has 2 aromatic heterocycles. The summed E-state index contributed by atoms with van der Waals surface area (Å²) in [5, 5.41) is 7.07. The summed E-state index contributed by atoms with van der Waals surface area (Å²) in [6.45, 7) is -0.733. The lowest BCUT2D eigenvalue weighted by Gasteiger charge is -2.23. The van der Waals surface area contributed by atoms with Crippen LogP contribution in [0.4, 0.5) is 13.2 Å². The molecular formula is C15H17F3N4O4. The molecule has 1 unspecified atom stereocenters. The van der Waals surface area contributed by atoms with Crippen LogP contribution >= 0.6 is 0 Å². The van der Waals surface area contributed by atoms with Crippen LogP contribution in [-0.4, -0.2) is 46.6 Å². The first-order valence-corrected chi connectivity index (χ1v) is 7.86. The zero-order valence-electron chi connectivity index (χ0n) is 13.9. The van der Waals surface area contributed by atoms with Crippen LogP contribution in [-0.2, 0) is 24.3 Å². The molecule has 1 aliphatic rings. The number of aryl methyl sites for hydroxylation is 1. The van der Waals surface area contributed by atoms with Crippen LogP contribution in [0.25, 0.3) is 0 Å². The molecule has 0 fully saturated rings. The Kier molecular flexibility index (Phi) is 5.16. The van der Waals surface area contributed by atoms with Crippen LogP contribution in [0.3, 0.4) is 0 Å². The summed E-state index contributed by atoms with van der Waals surface area (Å²) < 4.78 is 52.5. The molecule has 0 saturated carbocycles. The van der Waals surface area contributed by atoms with Crippen molar-refractivity contribution in [3.8, 4) is 5.95 Å². The van der Waals surface area contributed by atoms with E-state index in [0.29, 0.717) is 31.8 Å². The lowest BCUT2D eigenvalue weighted by Crippen LogP contribution is -2.41. The van der Waals surface area contributed by atoms with Gasteiger partial charge in [0.05, 0.1) is 6.54 Å². The molecule has 142 valence electrons. The smallest absolute Gasteiger partial charge is 0.422 e. The van der Waals surface area contributed by atoms with E-state index in [1.165, 1.54) is 12.1 Å². The normalized spacial score (nSPS) is 17.0. The molecule has 8 nitrogen and oxygen atoms in total. The Bertz CT molecular complexity index is 771. The van der Waals surface area contributed by atoms with Crippen LogP contribution in [0.15, 0.2) is 16.5 Å². The third kappa shape index (κ3) is 4.54. The number of halogens is 3. The van der Waals surface area contributed by atoms with Crippen molar-refractivity contribution in [2.45, 2.75) is 38.2 Å². The molecular weight excluding hydrogens is 357 g/mol. The fraction of sp³-hybridized carbons (Fsp3) is 0.533. The van der Waals surface area contributed by atoms with Gasteiger partial charge in [-0.05, 0) is 12.5 Å². The minimum Gasteiger partial charge on any atom is -0.455 e. The fourth-order valence-corrected chi connectivity index (χ4v) is 2.60. The van der Waals surface area contributed by atoms with Gasteiger partial charge in [0.25, 0.3) is 11.9 Å². The highest BCUT2D eigenvalue weighted by atomic mass is 19.4. The Morgan fingerprint density at radius 1 is 1.46 bits per heavy atom. The van der Waals surface area contributed by atoms with Crippen molar-refractivity contribution >= 4 is 5.91 Å². The Labute approximate surface area is 146 Å². The van der Waals surface area contributed by atoms with Gasteiger partial charge in [-0.1, -0.05) is 0 Å². The maximum absolute atomic E-state index is 12.2. The van der Waals surface area contributed by atoms with Crippen LogP contribution < -0.4 is 10.1 Å². The van der Waals surface area contributed by atoms with E-state index in [1.807, 2.05) is 0 Å². The van der Waals surface area contributed by atoms with Crippen molar-refractivity contribution in [3.63, 3.8) is 0 Å². The number of furan rings is 1. The first kappa shape index (κ1) is 18.2. The molecule has 1 aliphatic heterocycles. The summed E-state index contributed by atoms with van der Waals surface area (Å²) in [6, 6.07) is 2.24. The molecule has 1 atom stereocenters. The number of nitrogens with one attached hydrogen (secondary N) is 1. The Hall–Kier alpha value is -2.56. The molecule has 11 heteroatoms. The number of nitrogens with zero attached hydrogens (tertiary/aromatic N) is 3. The average Bonchev–Trinajstić information content (AvgIpc) is 3.18. The van der Waals surface area contributed by atoms with E-state index in [2.05, 4.69) is 20.1 Å². The van der Waals surface area contributed by atoms with Crippen molar-refractivity contribution in [1.82, 2.24) is 20.1 Å². The molecule has 0 saturated heterocycles. The fourth-order valence-electron chi connectivity index (χ4n) is 2.60. The third-order valence-electron chi connectivity index (χ3n) is 3.69. The highest BCUT2D eigenvalue weighted by Crippen LogP contribution is 2.21. The minimum absolute atomic E-state index is 0.119. The lowest BCUT2D eigenvalue weighted by atomic mass is 10.1. The molecule has 0 spiro atoms. The second-order valence-electron chi connectivity index (χ2n) is 5.79. The molecule has 26 heavy (non-hydrogen) atoms. The molecule has 3 rings (SSSR count). The number of hydrogen-bond acceptors (Lipinski definition) is 6. The third-order valence-corrected chi connectivity index (χ3v) is 3.69. The first-order valence-electron chi connectivity index (χ1n) is 7.86. The zero-order valence-corrected chi connectivity index (χ0v) is 13.9. The summed E-state index contributed by atoms with van der Waals surface area (Å²) in [5.74, 6) is 0.387. The van der Waals surface area contributed by atoms with Crippen molar-refractivity contribution in [1.29, 1.82) is 0 Å². The number of rotatable bonds is 6. The maximum Gasteiger partial charge on any atom is 0.422 e. The highest BCUT2D eigenvalue weighted by molar-refractivity contribution is 5.91. The minimum atomic E-state index is -4.48. The van der Waals surface area contributed by atoms with E-state index in [-0.39, 0.29) is 17.7 Å². The van der Waals surface area contributed by atoms with Crippen molar-refractivity contribution in [2.24, 2.45) is 0 Å². The number of aromatic nitrogens is 3.